The van der Waals surface area contributed by atoms with E-state index in [2.05, 4.69) is 9.97 Å². The van der Waals surface area contributed by atoms with Crippen molar-refractivity contribution in [1.82, 2.24) is 9.97 Å². The first-order valence-electron chi connectivity index (χ1n) is 3.13. The summed E-state index contributed by atoms with van der Waals surface area (Å²) >= 11 is 5.77. The zero-order valence-electron chi connectivity index (χ0n) is 5.52. The molecule has 2 N–H and O–H groups in total. The number of halogens is 1. The van der Waals surface area contributed by atoms with E-state index in [1.807, 2.05) is 0 Å². The van der Waals surface area contributed by atoms with Gasteiger partial charge in [0.05, 0.1) is 10.5 Å². The molecular weight excluding hydrogens is 164 g/mol. The fraction of sp³-hybridized carbons (Fsp3) is 0. The van der Waals surface area contributed by atoms with Crippen LogP contribution in [0.5, 0.6) is 0 Å². The summed E-state index contributed by atoms with van der Waals surface area (Å²) in [6.45, 7) is 0. The molecule has 0 unspecified atom stereocenters. The summed E-state index contributed by atoms with van der Waals surface area (Å²) in [6, 6.07) is 1.47. The molecular formula is C7H5ClN2O. The molecule has 2 aromatic heterocycles. The van der Waals surface area contributed by atoms with Gasteiger partial charge < -0.3 is 9.97 Å². The molecule has 0 aromatic carbocycles. The van der Waals surface area contributed by atoms with Crippen molar-refractivity contribution in [2.75, 3.05) is 0 Å². The third-order valence-electron chi connectivity index (χ3n) is 1.54. The molecule has 2 heterocycles. The number of fused-ring (bicyclic) bond motifs is 1. The summed E-state index contributed by atoms with van der Waals surface area (Å²) in [4.78, 5) is 16.2. The van der Waals surface area contributed by atoms with Gasteiger partial charge in [0, 0.05) is 23.8 Å². The zero-order valence-corrected chi connectivity index (χ0v) is 6.27. The van der Waals surface area contributed by atoms with Crippen molar-refractivity contribution in [2.24, 2.45) is 0 Å². The second-order valence-electron chi connectivity index (χ2n) is 2.26. The molecule has 0 aliphatic heterocycles. The molecule has 0 aliphatic rings. The van der Waals surface area contributed by atoms with Gasteiger partial charge in [0.2, 0.25) is 5.56 Å². The number of H-pyrrole nitrogens is 2. The second kappa shape index (κ2) is 2.13. The van der Waals surface area contributed by atoms with E-state index in [1.54, 1.807) is 12.4 Å². The summed E-state index contributed by atoms with van der Waals surface area (Å²) in [6.07, 6.45) is 3.25. The monoisotopic (exact) mass is 168 g/mol. The first-order chi connectivity index (χ1) is 5.27. The Labute approximate surface area is 67.0 Å². The van der Waals surface area contributed by atoms with Crippen LogP contribution in [0.15, 0.2) is 23.3 Å². The lowest BCUT2D eigenvalue weighted by Crippen LogP contribution is -2.00. The predicted octanol–water partition coefficient (Wildman–Crippen LogP) is 1.51. The third-order valence-corrected chi connectivity index (χ3v) is 1.85. The van der Waals surface area contributed by atoms with E-state index in [0.717, 1.165) is 10.9 Å². The van der Waals surface area contributed by atoms with Gasteiger partial charge in [0.25, 0.3) is 0 Å². The minimum Gasteiger partial charge on any atom is -0.360 e. The van der Waals surface area contributed by atoms with Crippen LogP contribution in [0.4, 0.5) is 0 Å². The van der Waals surface area contributed by atoms with Crippen LogP contribution in [0.25, 0.3) is 10.9 Å². The van der Waals surface area contributed by atoms with E-state index < -0.39 is 0 Å². The molecule has 0 radical (unpaired) electrons. The molecule has 0 saturated heterocycles. The lowest BCUT2D eigenvalue weighted by atomic mass is 10.3. The minimum absolute atomic E-state index is 0.129. The van der Waals surface area contributed by atoms with E-state index in [1.165, 1.54) is 6.07 Å². The maximum Gasteiger partial charge on any atom is 0.250 e. The van der Waals surface area contributed by atoms with Gasteiger partial charge in [0.15, 0.2) is 0 Å². The summed E-state index contributed by atoms with van der Waals surface area (Å²) in [7, 11) is 0. The number of pyridine rings is 1. The van der Waals surface area contributed by atoms with E-state index >= 15 is 0 Å². The fourth-order valence-corrected chi connectivity index (χ4v) is 1.22. The van der Waals surface area contributed by atoms with Crippen molar-refractivity contribution < 1.29 is 0 Å². The lowest BCUT2D eigenvalue weighted by Gasteiger charge is -1.86. The molecule has 0 aliphatic carbocycles. The Morgan fingerprint density at radius 2 is 2.09 bits per heavy atom. The van der Waals surface area contributed by atoms with Crippen LogP contribution < -0.4 is 5.56 Å². The summed E-state index contributed by atoms with van der Waals surface area (Å²) < 4.78 is 0. The van der Waals surface area contributed by atoms with Crippen LogP contribution in [0.1, 0.15) is 0 Å². The molecule has 0 bridgehead atoms. The summed E-state index contributed by atoms with van der Waals surface area (Å²) in [5.74, 6) is 0. The van der Waals surface area contributed by atoms with Crippen LogP contribution in [-0.2, 0) is 0 Å². The van der Waals surface area contributed by atoms with Gasteiger partial charge in [-0.1, -0.05) is 11.6 Å². The van der Waals surface area contributed by atoms with E-state index in [4.69, 9.17) is 11.6 Å². The normalized spacial score (nSPS) is 10.6. The van der Waals surface area contributed by atoms with E-state index in [9.17, 15) is 4.79 Å². The highest BCUT2D eigenvalue weighted by Crippen LogP contribution is 2.19. The smallest absolute Gasteiger partial charge is 0.250 e. The molecule has 0 fully saturated rings. The molecule has 3 nitrogen and oxygen atoms in total. The average Bonchev–Trinajstić information content (AvgIpc) is 2.32. The highest BCUT2D eigenvalue weighted by Gasteiger charge is 1.99. The summed E-state index contributed by atoms with van der Waals surface area (Å²) in [5, 5.41) is 1.46. The van der Waals surface area contributed by atoms with Gasteiger partial charge in [0.1, 0.15) is 0 Å². The Morgan fingerprint density at radius 1 is 1.27 bits per heavy atom. The van der Waals surface area contributed by atoms with Crippen LogP contribution in [0.2, 0.25) is 5.02 Å². The van der Waals surface area contributed by atoms with Crippen molar-refractivity contribution >= 4 is 22.5 Å². The average molecular weight is 169 g/mol. The molecule has 0 spiro atoms. The molecule has 0 amide bonds. The van der Waals surface area contributed by atoms with Gasteiger partial charge >= 0.3 is 0 Å². The number of hydrogen-bond acceptors (Lipinski definition) is 1. The number of aromatic amines is 2. The van der Waals surface area contributed by atoms with Crippen molar-refractivity contribution in [2.45, 2.75) is 0 Å². The number of aromatic nitrogens is 2. The number of rotatable bonds is 0. The van der Waals surface area contributed by atoms with E-state index in [0.29, 0.717) is 5.02 Å². The Morgan fingerprint density at radius 3 is 2.91 bits per heavy atom. The second-order valence-corrected chi connectivity index (χ2v) is 2.67. The Balaban J connectivity index is 2.96. The van der Waals surface area contributed by atoms with Crippen molar-refractivity contribution in [1.29, 1.82) is 0 Å². The molecule has 2 rings (SSSR count). The van der Waals surface area contributed by atoms with Gasteiger partial charge in [-0.25, -0.2) is 0 Å². The maximum absolute atomic E-state index is 10.8. The van der Waals surface area contributed by atoms with Gasteiger partial charge in [-0.05, 0) is 0 Å². The van der Waals surface area contributed by atoms with Crippen LogP contribution in [-0.4, -0.2) is 9.97 Å². The zero-order chi connectivity index (χ0) is 7.84. The highest BCUT2D eigenvalue weighted by atomic mass is 35.5. The van der Waals surface area contributed by atoms with Crippen molar-refractivity contribution in [3.63, 3.8) is 0 Å². The molecule has 56 valence electrons. The highest BCUT2D eigenvalue weighted by molar-refractivity contribution is 6.35. The van der Waals surface area contributed by atoms with Gasteiger partial charge in [-0.3, -0.25) is 4.79 Å². The van der Waals surface area contributed by atoms with Crippen LogP contribution in [0.3, 0.4) is 0 Å². The van der Waals surface area contributed by atoms with Crippen molar-refractivity contribution in [3.8, 4) is 0 Å². The first kappa shape index (κ1) is 6.49. The molecule has 11 heavy (non-hydrogen) atoms. The van der Waals surface area contributed by atoms with Gasteiger partial charge in [-0.15, -0.1) is 0 Å². The van der Waals surface area contributed by atoms with Crippen LogP contribution in [0, 0.1) is 0 Å². The number of hydrogen-bond donors (Lipinski definition) is 2. The Hall–Kier alpha value is -1.22. The van der Waals surface area contributed by atoms with E-state index in [-0.39, 0.29) is 5.56 Å². The van der Waals surface area contributed by atoms with Gasteiger partial charge in [-0.2, -0.15) is 0 Å². The Kier molecular flexibility index (Phi) is 1.26. The standard InChI is InChI=1S/C7H5ClN2O/c8-5-3-9-6-1-7(11)10-2-4(5)6/h1-3,9H,(H,10,11). The maximum atomic E-state index is 10.8. The summed E-state index contributed by atoms with van der Waals surface area (Å²) in [5.41, 5.74) is 0.634. The Bertz CT molecular complexity index is 443. The fourth-order valence-electron chi connectivity index (χ4n) is 1.01. The molecule has 0 atom stereocenters. The quantitative estimate of drug-likeness (QED) is 0.616. The molecule has 4 heteroatoms. The molecule has 0 saturated carbocycles. The SMILES string of the molecule is O=c1cc2[nH]cc(Cl)c2c[nH]1. The van der Waals surface area contributed by atoms with Crippen molar-refractivity contribution in [3.05, 3.63) is 33.8 Å². The largest absolute Gasteiger partial charge is 0.360 e. The molecule has 2 aromatic rings. The van der Waals surface area contributed by atoms with Crippen LogP contribution >= 0.6 is 11.6 Å². The first-order valence-corrected chi connectivity index (χ1v) is 3.50. The third kappa shape index (κ3) is 0.935. The minimum atomic E-state index is -0.129. The lowest BCUT2D eigenvalue weighted by molar-refractivity contribution is 1.26. The number of nitrogens with one attached hydrogen (secondary N) is 2. The predicted molar refractivity (Wildman–Crippen MR) is 43.9 cm³/mol. The topological polar surface area (TPSA) is 48.6 Å².